The van der Waals surface area contributed by atoms with E-state index in [4.69, 9.17) is 10.5 Å². The molecule has 1 saturated heterocycles. The van der Waals surface area contributed by atoms with Crippen molar-refractivity contribution >= 4 is 17.3 Å². The number of halogens is 1. The molecule has 6 heteroatoms. The van der Waals surface area contributed by atoms with E-state index >= 15 is 0 Å². The van der Waals surface area contributed by atoms with Crippen molar-refractivity contribution < 1.29 is 18.7 Å². The van der Waals surface area contributed by atoms with Crippen molar-refractivity contribution in [3.8, 4) is 0 Å². The first-order chi connectivity index (χ1) is 8.95. The van der Waals surface area contributed by atoms with Crippen LogP contribution < -0.4 is 11.1 Å². The van der Waals surface area contributed by atoms with Gasteiger partial charge in [-0.3, -0.25) is 0 Å². The second kappa shape index (κ2) is 5.05. The van der Waals surface area contributed by atoms with E-state index in [1.54, 1.807) is 0 Å². The van der Waals surface area contributed by atoms with E-state index in [1.807, 2.05) is 6.92 Å². The number of anilines is 2. The lowest BCUT2D eigenvalue weighted by Crippen LogP contribution is -2.35. The molecule has 1 unspecified atom stereocenters. The van der Waals surface area contributed by atoms with Gasteiger partial charge in [0, 0.05) is 12.3 Å². The van der Waals surface area contributed by atoms with Gasteiger partial charge in [-0.1, -0.05) is 0 Å². The summed E-state index contributed by atoms with van der Waals surface area (Å²) in [6.45, 7) is 3.06. The van der Waals surface area contributed by atoms with E-state index < -0.39 is 11.8 Å². The van der Waals surface area contributed by atoms with Crippen LogP contribution in [-0.2, 0) is 9.47 Å². The highest BCUT2D eigenvalue weighted by Gasteiger charge is 2.30. The van der Waals surface area contributed by atoms with Crippen LogP contribution in [0.1, 0.15) is 23.7 Å². The van der Waals surface area contributed by atoms with Crippen molar-refractivity contribution in [2.45, 2.75) is 18.9 Å². The number of carbonyl (C=O) groups is 1. The fourth-order valence-corrected chi connectivity index (χ4v) is 2.06. The van der Waals surface area contributed by atoms with Gasteiger partial charge in [-0.25, -0.2) is 9.18 Å². The SMILES string of the molecule is COC(=O)c1cc(NC2(C)CCOC2)c(F)cc1N. The quantitative estimate of drug-likeness (QED) is 0.645. The molecule has 1 heterocycles. The Hall–Kier alpha value is -1.82. The lowest BCUT2D eigenvalue weighted by atomic mass is 10.0. The van der Waals surface area contributed by atoms with E-state index in [-0.39, 0.29) is 22.5 Å². The molecule has 3 N–H and O–H groups in total. The third kappa shape index (κ3) is 2.78. The first-order valence-electron chi connectivity index (χ1n) is 5.98. The van der Waals surface area contributed by atoms with E-state index in [2.05, 4.69) is 10.1 Å². The third-order valence-electron chi connectivity index (χ3n) is 3.20. The minimum Gasteiger partial charge on any atom is -0.465 e. The maximum Gasteiger partial charge on any atom is 0.340 e. The summed E-state index contributed by atoms with van der Waals surface area (Å²) in [5, 5.41) is 3.07. The molecule has 1 fully saturated rings. The molecule has 0 radical (unpaired) electrons. The number of carbonyl (C=O) groups excluding carboxylic acids is 1. The fraction of sp³-hybridized carbons (Fsp3) is 0.462. The van der Waals surface area contributed by atoms with E-state index in [9.17, 15) is 9.18 Å². The molecule has 104 valence electrons. The van der Waals surface area contributed by atoms with Gasteiger partial charge >= 0.3 is 5.97 Å². The predicted octanol–water partition coefficient (Wildman–Crippen LogP) is 1.79. The largest absolute Gasteiger partial charge is 0.465 e. The second-order valence-electron chi connectivity index (χ2n) is 4.90. The molecule has 0 amide bonds. The Labute approximate surface area is 110 Å². The fourth-order valence-electron chi connectivity index (χ4n) is 2.06. The first kappa shape index (κ1) is 13.6. The van der Waals surface area contributed by atoms with Crippen molar-refractivity contribution in [2.75, 3.05) is 31.4 Å². The second-order valence-corrected chi connectivity index (χ2v) is 4.90. The minimum atomic E-state index is -0.589. The zero-order valence-electron chi connectivity index (χ0n) is 11.0. The molecule has 2 rings (SSSR count). The Morgan fingerprint density at radius 1 is 1.58 bits per heavy atom. The standard InChI is InChI=1S/C13H17FN2O3/c1-13(3-4-19-7-13)16-11-5-8(12(17)18-2)10(15)6-9(11)14/h5-6,16H,3-4,7,15H2,1-2H3. The molecule has 0 aliphatic carbocycles. The van der Waals surface area contributed by atoms with Crippen molar-refractivity contribution in [2.24, 2.45) is 0 Å². The molecule has 5 nitrogen and oxygen atoms in total. The van der Waals surface area contributed by atoms with Gasteiger partial charge in [0.15, 0.2) is 0 Å². The van der Waals surface area contributed by atoms with Gasteiger partial charge in [0.25, 0.3) is 0 Å². The zero-order valence-corrected chi connectivity index (χ0v) is 11.0. The molecule has 1 aliphatic rings. The zero-order chi connectivity index (χ0) is 14.0. The average Bonchev–Trinajstić information content (AvgIpc) is 2.78. The summed E-state index contributed by atoms with van der Waals surface area (Å²) in [5.74, 6) is -1.09. The number of rotatable bonds is 3. The topological polar surface area (TPSA) is 73.6 Å². The van der Waals surface area contributed by atoms with E-state index in [1.165, 1.54) is 13.2 Å². The Morgan fingerprint density at radius 2 is 2.32 bits per heavy atom. The maximum atomic E-state index is 13.9. The number of benzene rings is 1. The summed E-state index contributed by atoms with van der Waals surface area (Å²) in [7, 11) is 1.25. The van der Waals surface area contributed by atoms with Gasteiger partial charge < -0.3 is 20.5 Å². The van der Waals surface area contributed by atoms with Crippen LogP contribution in [0.5, 0.6) is 0 Å². The summed E-state index contributed by atoms with van der Waals surface area (Å²) < 4.78 is 23.8. The highest BCUT2D eigenvalue weighted by molar-refractivity contribution is 5.96. The van der Waals surface area contributed by atoms with Crippen LogP contribution in [-0.4, -0.2) is 31.8 Å². The van der Waals surface area contributed by atoms with Crippen molar-refractivity contribution in [3.05, 3.63) is 23.5 Å². The molecular formula is C13H17FN2O3. The maximum absolute atomic E-state index is 13.9. The molecule has 0 bridgehead atoms. The van der Waals surface area contributed by atoms with Crippen molar-refractivity contribution in [1.29, 1.82) is 0 Å². The van der Waals surface area contributed by atoms with Gasteiger partial charge in [0.05, 0.1) is 30.5 Å². The number of hydrogen-bond acceptors (Lipinski definition) is 5. The Morgan fingerprint density at radius 3 is 2.89 bits per heavy atom. The van der Waals surface area contributed by atoms with Crippen LogP contribution in [0, 0.1) is 5.82 Å². The third-order valence-corrected chi connectivity index (χ3v) is 3.20. The molecule has 1 aromatic carbocycles. The number of methoxy groups -OCH3 is 1. The lowest BCUT2D eigenvalue weighted by Gasteiger charge is -2.25. The number of esters is 1. The molecule has 0 aromatic heterocycles. The first-order valence-corrected chi connectivity index (χ1v) is 5.98. The molecule has 0 saturated carbocycles. The number of nitrogens with one attached hydrogen (secondary N) is 1. The Bertz CT molecular complexity index is 499. The monoisotopic (exact) mass is 268 g/mol. The van der Waals surface area contributed by atoms with Crippen LogP contribution in [0.4, 0.5) is 15.8 Å². The summed E-state index contributed by atoms with van der Waals surface area (Å²) in [4.78, 5) is 11.5. The van der Waals surface area contributed by atoms with E-state index in [0.717, 1.165) is 12.5 Å². The Balaban J connectivity index is 2.32. The number of ether oxygens (including phenoxy) is 2. The molecule has 0 spiro atoms. The summed E-state index contributed by atoms with van der Waals surface area (Å²) in [5.41, 5.74) is 5.70. The van der Waals surface area contributed by atoms with Crippen LogP contribution in [0.25, 0.3) is 0 Å². The summed E-state index contributed by atoms with van der Waals surface area (Å²) in [6, 6.07) is 2.49. The normalized spacial score (nSPS) is 22.3. The van der Waals surface area contributed by atoms with Crippen molar-refractivity contribution in [3.63, 3.8) is 0 Å². The molecule has 1 aromatic rings. The van der Waals surface area contributed by atoms with Gasteiger partial charge in [-0.2, -0.15) is 0 Å². The summed E-state index contributed by atoms with van der Waals surface area (Å²) in [6.07, 6.45) is 0.768. The minimum absolute atomic E-state index is 0.0581. The predicted molar refractivity (Wildman–Crippen MR) is 69.6 cm³/mol. The van der Waals surface area contributed by atoms with Gasteiger partial charge in [-0.05, 0) is 25.5 Å². The smallest absolute Gasteiger partial charge is 0.340 e. The highest BCUT2D eigenvalue weighted by atomic mass is 19.1. The Kier molecular flexibility index (Phi) is 3.61. The molecular weight excluding hydrogens is 251 g/mol. The lowest BCUT2D eigenvalue weighted by molar-refractivity contribution is 0.0602. The van der Waals surface area contributed by atoms with Crippen LogP contribution in [0.3, 0.4) is 0 Å². The van der Waals surface area contributed by atoms with E-state index in [0.29, 0.717) is 13.2 Å². The highest BCUT2D eigenvalue weighted by Crippen LogP contribution is 2.28. The van der Waals surface area contributed by atoms with Gasteiger partial charge in [0.2, 0.25) is 0 Å². The summed E-state index contributed by atoms with van der Waals surface area (Å²) >= 11 is 0. The molecule has 19 heavy (non-hydrogen) atoms. The van der Waals surface area contributed by atoms with Crippen LogP contribution in [0.15, 0.2) is 12.1 Å². The van der Waals surface area contributed by atoms with Crippen molar-refractivity contribution in [1.82, 2.24) is 0 Å². The van der Waals surface area contributed by atoms with Crippen LogP contribution in [0.2, 0.25) is 0 Å². The van der Waals surface area contributed by atoms with Crippen LogP contribution >= 0.6 is 0 Å². The van der Waals surface area contributed by atoms with Gasteiger partial charge in [-0.15, -0.1) is 0 Å². The number of nitrogen functional groups attached to an aromatic ring is 1. The molecule has 1 aliphatic heterocycles. The van der Waals surface area contributed by atoms with Gasteiger partial charge in [0.1, 0.15) is 5.82 Å². The number of hydrogen-bond donors (Lipinski definition) is 2. The number of nitrogens with two attached hydrogens (primary N) is 1. The molecule has 1 atom stereocenters. The average molecular weight is 268 g/mol.